The van der Waals surface area contributed by atoms with Crippen molar-refractivity contribution in [3.63, 3.8) is 0 Å². The second-order valence-electron chi connectivity index (χ2n) is 8.07. The van der Waals surface area contributed by atoms with Crippen molar-refractivity contribution in [2.45, 2.75) is 57.0 Å². The predicted octanol–water partition coefficient (Wildman–Crippen LogP) is 3.48. The van der Waals surface area contributed by atoms with E-state index in [9.17, 15) is 14.0 Å². The fraction of sp³-hybridized carbons (Fsp3) is 0.619. The number of carbonyl (C=O) groups is 2. The number of halogens is 1. The highest BCUT2D eigenvalue weighted by atomic mass is 19.1. The molecule has 0 unspecified atom stereocenters. The number of amides is 1. The maximum atomic E-state index is 13.8. The summed E-state index contributed by atoms with van der Waals surface area (Å²) in [4.78, 5) is 26.8. The van der Waals surface area contributed by atoms with Gasteiger partial charge in [0.2, 0.25) is 5.91 Å². The number of carbonyl (C=O) groups excluding carboxylic acids is 2. The van der Waals surface area contributed by atoms with E-state index >= 15 is 0 Å². The van der Waals surface area contributed by atoms with Crippen molar-refractivity contribution in [3.8, 4) is 0 Å². The molecule has 140 valence electrons. The van der Waals surface area contributed by atoms with Gasteiger partial charge in [-0.3, -0.25) is 9.59 Å². The number of likely N-dealkylation sites (tertiary alicyclic amines) is 1. The smallest absolute Gasteiger partial charge is 0.307 e. The molecule has 1 aromatic carbocycles. The molecule has 3 fully saturated rings. The van der Waals surface area contributed by atoms with Crippen molar-refractivity contribution in [2.75, 3.05) is 13.1 Å². The van der Waals surface area contributed by atoms with Crippen LogP contribution >= 0.6 is 0 Å². The van der Waals surface area contributed by atoms with Gasteiger partial charge in [0.25, 0.3) is 0 Å². The van der Waals surface area contributed by atoms with E-state index in [0.29, 0.717) is 19.0 Å². The first kappa shape index (κ1) is 17.5. The Labute approximate surface area is 153 Å². The van der Waals surface area contributed by atoms with E-state index in [1.807, 2.05) is 17.0 Å². The first-order valence-corrected chi connectivity index (χ1v) is 9.81. The molecule has 1 aliphatic carbocycles. The van der Waals surface area contributed by atoms with Crippen LogP contribution in [-0.4, -0.2) is 35.5 Å². The molecule has 2 heterocycles. The lowest BCUT2D eigenvalue weighted by atomic mass is 9.83. The molecule has 0 radical (unpaired) electrons. The minimum Gasteiger partial charge on any atom is -0.458 e. The highest BCUT2D eigenvalue weighted by Gasteiger charge is 2.54. The normalized spacial score (nSPS) is 25.7. The number of ether oxygens (including phenoxy) is 1. The van der Waals surface area contributed by atoms with Crippen molar-refractivity contribution in [1.82, 2.24) is 4.90 Å². The van der Waals surface area contributed by atoms with Gasteiger partial charge in [0.1, 0.15) is 11.4 Å². The second kappa shape index (κ2) is 7.01. The summed E-state index contributed by atoms with van der Waals surface area (Å²) in [5.74, 6) is -0.184. The maximum Gasteiger partial charge on any atom is 0.307 e. The molecule has 1 atom stereocenters. The summed E-state index contributed by atoms with van der Waals surface area (Å²) in [6.07, 6.45) is 6.42. The third kappa shape index (κ3) is 3.24. The summed E-state index contributed by atoms with van der Waals surface area (Å²) in [6, 6.07) is 6.93. The largest absolute Gasteiger partial charge is 0.458 e. The molecule has 1 amide bonds. The average Bonchev–Trinajstić information content (AvgIpc) is 3.24. The maximum absolute atomic E-state index is 13.8. The van der Waals surface area contributed by atoms with E-state index < -0.39 is 5.60 Å². The van der Waals surface area contributed by atoms with Crippen LogP contribution in [0, 0.1) is 17.7 Å². The van der Waals surface area contributed by atoms with E-state index in [-0.39, 0.29) is 30.0 Å². The van der Waals surface area contributed by atoms with Crippen molar-refractivity contribution < 1.29 is 18.7 Å². The second-order valence-corrected chi connectivity index (χ2v) is 8.07. The Bertz CT molecular complexity index is 690. The minimum atomic E-state index is -0.530. The van der Waals surface area contributed by atoms with E-state index in [2.05, 4.69) is 0 Å². The summed E-state index contributed by atoms with van der Waals surface area (Å²) in [6.45, 7) is 1.39. The molecule has 26 heavy (non-hydrogen) atoms. The van der Waals surface area contributed by atoms with Gasteiger partial charge in [-0.15, -0.1) is 0 Å². The first-order chi connectivity index (χ1) is 12.6. The fourth-order valence-corrected chi connectivity index (χ4v) is 4.98. The molecule has 2 aliphatic heterocycles. The van der Waals surface area contributed by atoms with E-state index in [1.54, 1.807) is 6.07 Å². The number of benzene rings is 1. The summed E-state index contributed by atoms with van der Waals surface area (Å²) in [5.41, 5.74) is 0.232. The molecule has 1 spiro atoms. The molecule has 4 nitrogen and oxygen atoms in total. The lowest BCUT2D eigenvalue weighted by Gasteiger charge is -2.36. The number of nitrogens with zero attached hydrogens (tertiary/aromatic N) is 1. The van der Waals surface area contributed by atoms with Gasteiger partial charge in [0.15, 0.2) is 0 Å². The number of hydrogen-bond donors (Lipinski definition) is 0. The van der Waals surface area contributed by atoms with Gasteiger partial charge in [-0.2, -0.15) is 0 Å². The highest BCUT2D eigenvalue weighted by molar-refractivity contribution is 5.88. The van der Waals surface area contributed by atoms with Gasteiger partial charge >= 0.3 is 5.97 Å². The summed E-state index contributed by atoms with van der Waals surface area (Å²) in [5, 5.41) is 0. The van der Waals surface area contributed by atoms with E-state index in [1.165, 1.54) is 6.07 Å². The lowest BCUT2D eigenvalue weighted by Crippen LogP contribution is -2.47. The van der Waals surface area contributed by atoms with Crippen LogP contribution in [0.5, 0.6) is 0 Å². The minimum absolute atomic E-state index is 0.0853. The van der Waals surface area contributed by atoms with Crippen molar-refractivity contribution in [1.29, 1.82) is 0 Å². The standard InChI is InChI=1S/C21H26FNO3/c22-18-6-2-1-5-16(18)13-15-7-11-23(12-8-15)20(25)17-14-19(24)26-21(17)9-3-4-10-21/h1-2,5-6,15,17H,3-4,7-14H2/t17-/m0/s1. The number of esters is 1. The molecule has 2 saturated heterocycles. The van der Waals surface area contributed by atoms with E-state index in [4.69, 9.17) is 4.74 Å². The molecule has 3 aliphatic rings. The van der Waals surface area contributed by atoms with Gasteiger partial charge in [-0.25, -0.2) is 4.39 Å². The van der Waals surface area contributed by atoms with Crippen LogP contribution in [0.15, 0.2) is 24.3 Å². The zero-order valence-corrected chi connectivity index (χ0v) is 15.1. The van der Waals surface area contributed by atoms with Crippen molar-refractivity contribution >= 4 is 11.9 Å². The van der Waals surface area contributed by atoms with Crippen molar-refractivity contribution in [3.05, 3.63) is 35.6 Å². The number of piperidine rings is 1. The summed E-state index contributed by atoms with van der Waals surface area (Å²) < 4.78 is 19.5. The van der Waals surface area contributed by atoms with Crippen LogP contribution in [0.4, 0.5) is 4.39 Å². The molecule has 1 aromatic rings. The SMILES string of the molecule is O=C1C[C@@H](C(=O)N2CCC(Cc3ccccc3F)CC2)C2(CCCC2)O1. The zero-order valence-electron chi connectivity index (χ0n) is 15.1. The predicted molar refractivity (Wildman–Crippen MR) is 94.8 cm³/mol. The van der Waals surface area contributed by atoms with Crippen LogP contribution in [0.1, 0.15) is 50.5 Å². The molecule has 4 rings (SSSR count). The van der Waals surface area contributed by atoms with Crippen LogP contribution in [0.25, 0.3) is 0 Å². The van der Waals surface area contributed by atoms with Crippen LogP contribution < -0.4 is 0 Å². The van der Waals surface area contributed by atoms with Crippen LogP contribution in [0.3, 0.4) is 0 Å². The highest BCUT2D eigenvalue weighted by Crippen LogP contribution is 2.46. The van der Waals surface area contributed by atoms with Gasteiger partial charge in [0.05, 0.1) is 12.3 Å². The molecular formula is C21H26FNO3. The summed E-state index contributed by atoms with van der Waals surface area (Å²) >= 11 is 0. The molecule has 1 saturated carbocycles. The van der Waals surface area contributed by atoms with Crippen LogP contribution in [0.2, 0.25) is 0 Å². The summed E-state index contributed by atoms with van der Waals surface area (Å²) in [7, 11) is 0. The Morgan fingerprint density at radius 2 is 1.88 bits per heavy atom. The molecule has 0 aromatic heterocycles. The number of hydrogen-bond acceptors (Lipinski definition) is 3. The fourth-order valence-electron chi connectivity index (χ4n) is 4.98. The molecule has 0 bridgehead atoms. The average molecular weight is 359 g/mol. The molecule has 0 N–H and O–H groups in total. The quantitative estimate of drug-likeness (QED) is 0.776. The van der Waals surface area contributed by atoms with E-state index in [0.717, 1.165) is 50.5 Å². The molecular weight excluding hydrogens is 333 g/mol. The van der Waals surface area contributed by atoms with Crippen molar-refractivity contribution in [2.24, 2.45) is 11.8 Å². The third-order valence-electron chi connectivity index (χ3n) is 6.46. The Balaban J connectivity index is 1.36. The third-order valence-corrected chi connectivity index (χ3v) is 6.46. The topological polar surface area (TPSA) is 46.6 Å². The van der Waals surface area contributed by atoms with Crippen LogP contribution in [-0.2, 0) is 20.7 Å². The Morgan fingerprint density at radius 1 is 1.19 bits per heavy atom. The number of rotatable bonds is 3. The Hall–Kier alpha value is -1.91. The van der Waals surface area contributed by atoms with Gasteiger partial charge < -0.3 is 9.64 Å². The Morgan fingerprint density at radius 3 is 2.58 bits per heavy atom. The lowest BCUT2D eigenvalue weighted by molar-refractivity contribution is -0.152. The monoisotopic (exact) mass is 359 g/mol. The zero-order chi connectivity index (χ0) is 18.1. The van der Waals surface area contributed by atoms with Gasteiger partial charge in [0, 0.05) is 13.1 Å². The Kier molecular flexibility index (Phi) is 4.72. The van der Waals surface area contributed by atoms with Gasteiger partial charge in [-0.05, 0) is 62.5 Å². The molecule has 5 heteroatoms. The first-order valence-electron chi connectivity index (χ1n) is 9.81. The van der Waals surface area contributed by atoms with Gasteiger partial charge in [-0.1, -0.05) is 18.2 Å².